The lowest BCUT2D eigenvalue weighted by Gasteiger charge is -2.31. The molecule has 0 fully saturated rings. The molecule has 1 amide bonds. The van der Waals surface area contributed by atoms with E-state index in [0.717, 1.165) is 22.1 Å². The summed E-state index contributed by atoms with van der Waals surface area (Å²) in [5.41, 5.74) is 2.70. The van der Waals surface area contributed by atoms with Gasteiger partial charge in [-0.3, -0.25) is 9.59 Å². The number of hydrogen-bond donors (Lipinski definition) is 3. The molecular formula is C30H29FN6O6. The minimum absolute atomic E-state index is 0.0141. The van der Waals surface area contributed by atoms with E-state index in [1.165, 1.54) is 15.3 Å². The van der Waals surface area contributed by atoms with Crippen LogP contribution in [0.1, 0.15) is 64.9 Å². The predicted molar refractivity (Wildman–Crippen MR) is 149 cm³/mol. The first-order chi connectivity index (χ1) is 20.6. The fourth-order valence-electron chi connectivity index (χ4n) is 6.73. The van der Waals surface area contributed by atoms with E-state index in [4.69, 9.17) is 14.8 Å². The first kappa shape index (κ1) is 27.3. The SMILES string of the molecule is CC[C@@]1(O)C(=O)OCc2c1cc1n(c2=O)Cc2c-1nc1cc(F)c(C)c3c1c2[C@@H](NC(=O)Cn1cc(CCO)nn1)CC3. The van der Waals surface area contributed by atoms with Crippen molar-refractivity contribution in [3.8, 4) is 11.4 Å². The zero-order valence-corrected chi connectivity index (χ0v) is 23.6. The maximum absolute atomic E-state index is 15.1. The number of halogens is 1. The number of rotatable bonds is 6. The summed E-state index contributed by atoms with van der Waals surface area (Å²) in [6.07, 6.45) is 2.98. The van der Waals surface area contributed by atoms with Gasteiger partial charge in [0.05, 0.1) is 40.7 Å². The molecule has 0 saturated carbocycles. The Morgan fingerprint density at radius 3 is 2.84 bits per heavy atom. The van der Waals surface area contributed by atoms with Gasteiger partial charge in [0.2, 0.25) is 5.91 Å². The summed E-state index contributed by atoms with van der Waals surface area (Å²) >= 11 is 0. The second-order valence-corrected chi connectivity index (χ2v) is 11.4. The van der Waals surface area contributed by atoms with E-state index in [2.05, 4.69) is 15.6 Å². The lowest BCUT2D eigenvalue weighted by molar-refractivity contribution is -0.172. The summed E-state index contributed by atoms with van der Waals surface area (Å²) in [7, 11) is 0. The van der Waals surface area contributed by atoms with Gasteiger partial charge in [-0.15, -0.1) is 5.10 Å². The average Bonchev–Trinajstić information content (AvgIpc) is 3.58. The van der Waals surface area contributed by atoms with Gasteiger partial charge in [0.25, 0.3) is 5.56 Å². The van der Waals surface area contributed by atoms with E-state index < -0.39 is 29.0 Å². The number of amides is 1. The molecule has 1 aromatic carbocycles. The van der Waals surface area contributed by atoms with Gasteiger partial charge in [-0.1, -0.05) is 12.1 Å². The average molecular weight is 589 g/mol. The van der Waals surface area contributed by atoms with Crippen molar-refractivity contribution >= 4 is 22.8 Å². The molecule has 1 aliphatic carbocycles. The number of carbonyl (C=O) groups excluding carboxylic acids is 2. The quantitative estimate of drug-likeness (QED) is 0.249. The number of aromatic nitrogens is 5. The minimum atomic E-state index is -1.97. The topological polar surface area (TPSA) is 161 Å². The van der Waals surface area contributed by atoms with Crippen LogP contribution in [0.25, 0.3) is 22.3 Å². The highest BCUT2D eigenvalue weighted by molar-refractivity contribution is 5.94. The summed E-state index contributed by atoms with van der Waals surface area (Å²) in [5, 5.41) is 32.2. The molecule has 4 aromatic rings. The van der Waals surface area contributed by atoms with Crippen LogP contribution in [0.5, 0.6) is 0 Å². The summed E-state index contributed by atoms with van der Waals surface area (Å²) < 4.78 is 23.2. The van der Waals surface area contributed by atoms with Crippen molar-refractivity contribution in [2.75, 3.05) is 6.61 Å². The third-order valence-electron chi connectivity index (χ3n) is 8.97. The van der Waals surface area contributed by atoms with Gasteiger partial charge in [0, 0.05) is 41.8 Å². The number of nitrogens with zero attached hydrogens (tertiary/aromatic N) is 5. The van der Waals surface area contributed by atoms with Crippen molar-refractivity contribution in [3.05, 3.63) is 73.6 Å². The van der Waals surface area contributed by atoms with Crippen molar-refractivity contribution in [2.45, 2.75) is 70.9 Å². The number of hydrogen-bond acceptors (Lipinski definition) is 9. The third kappa shape index (κ3) is 4.02. The molecule has 12 nitrogen and oxygen atoms in total. The fraction of sp³-hybridized carbons (Fsp3) is 0.400. The van der Waals surface area contributed by atoms with E-state index in [1.54, 1.807) is 26.1 Å². The summed E-state index contributed by atoms with van der Waals surface area (Å²) in [4.78, 5) is 44.4. The maximum Gasteiger partial charge on any atom is 0.343 e. The molecule has 43 heavy (non-hydrogen) atoms. The van der Waals surface area contributed by atoms with Crippen LogP contribution < -0.4 is 10.9 Å². The zero-order chi connectivity index (χ0) is 30.2. The molecule has 3 N–H and O–H groups in total. The number of benzene rings is 1. The first-order valence-corrected chi connectivity index (χ1v) is 14.3. The number of ether oxygens (including phenoxy) is 1. The lowest BCUT2D eigenvalue weighted by Crippen LogP contribution is -2.44. The summed E-state index contributed by atoms with van der Waals surface area (Å²) in [6.45, 7) is 3.11. The number of pyridine rings is 2. The fourth-order valence-corrected chi connectivity index (χ4v) is 6.73. The molecule has 3 aliphatic rings. The van der Waals surface area contributed by atoms with E-state index in [1.807, 2.05) is 0 Å². The van der Waals surface area contributed by atoms with Crippen LogP contribution in [-0.2, 0) is 52.5 Å². The Balaban J connectivity index is 1.36. The molecule has 2 atom stereocenters. The standard InChI is InChI=1S/C30H29FN6O6/c1-3-30(42)19-8-23-27-17(11-37(23)28(40)18(19)13-43-29(30)41)26-21(32-24(39)12-36-10-15(6-7-38)34-35-36)5-4-16-14(2)20(31)9-22(33-27)25(16)26/h8-10,21,38,42H,3-7,11-13H2,1-2H3,(H,32,39)/t21-,30-/m0/s1. The number of aliphatic hydroxyl groups is 2. The Hall–Kier alpha value is -4.49. The van der Waals surface area contributed by atoms with E-state index in [0.29, 0.717) is 47.4 Å². The van der Waals surface area contributed by atoms with Crippen LogP contribution in [0.2, 0.25) is 0 Å². The van der Waals surface area contributed by atoms with E-state index in [9.17, 15) is 19.5 Å². The van der Waals surface area contributed by atoms with Crippen LogP contribution >= 0.6 is 0 Å². The van der Waals surface area contributed by atoms with Crippen molar-refractivity contribution < 1.29 is 28.9 Å². The molecule has 5 heterocycles. The zero-order valence-electron chi connectivity index (χ0n) is 23.6. The van der Waals surface area contributed by atoms with Gasteiger partial charge < -0.3 is 24.8 Å². The first-order valence-electron chi connectivity index (χ1n) is 14.3. The highest BCUT2D eigenvalue weighted by Gasteiger charge is 2.46. The smallest absolute Gasteiger partial charge is 0.343 e. The van der Waals surface area contributed by atoms with Crippen molar-refractivity contribution in [2.24, 2.45) is 0 Å². The van der Waals surface area contributed by atoms with Gasteiger partial charge in [0.1, 0.15) is 19.0 Å². The summed E-state index contributed by atoms with van der Waals surface area (Å²) in [5.74, 6) is -1.51. The van der Waals surface area contributed by atoms with Gasteiger partial charge >= 0.3 is 5.97 Å². The molecule has 3 aromatic heterocycles. The molecule has 2 aliphatic heterocycles. The molecule has 0 radical (unpaired) electrons. The highest BCUT2D eigenvalue weighted by atomic mass is 19.1. The molecule has 0 saturated heterocycles. The Morgan fingerprint density at radius 1 is 1.26 bits per heavy atom. The Morgan fingerprint density at radius 2 is 2.07 bits per heavy atom. The maximum atomic E-state index is 15.1. The number of esters is 1. The van der Waals surface area contributed by atoms with Crippen molar-refractivity contribution in [3.63, 3.8) is 0 Å². The number of cyclic esters (lactones) is 1. The van der Waals surface area contributed by atoms with Crippen LogP contribution in [0.4, 0.5) is 4.39 Å². The molecular weight excluding hydrogens is 559 g/mol. The molecule has 222 valence electrons. The Labute approximate surface area is 244 Å². The monoisotopic (exact) mass is 588 g/mol. The van der Waals surface area contributed by atoms with Gasteiger partial charge in [-0.25, -0.2) is 18.9 Å². The number of aryl methyl sites for hydroxylation is 1. The second kappa shape index (κ2) is 9.78. The van der Waals surface area contributed by atoms with Gasteiger partial charge in [-0.05, 0) is 48.9 Å². The largest absolute Gasteiger partial charge is 0.458 e. The van der Waals surface area contributed by atoms with Crippen molar-refractivity contribution in [1.82, 2.24) is 29.9 Å². The van der Waals surface area contributed by atoms with Crippen LogP contribution in [0.3, 0.4) is 0 Å². The van der Waals surface area contributed by atoms with Crippen LogP contribution in [-0.4, -0.2) is 53.2 Å². The molecule has 0 unspecified atom stereocenters. The van der Waals surface area contributed by atoms with Crippen LogP contribution in [0.15, 0.2) is 23.1 Å². The highest BCUT2D eigenvalue weighted by Crippen LogP contribution is 2.45. The normalized spacial score (nSPS) is 20.0. The number of fused-ring (bicyclic) bond motifs is 5. The lowest BCUT2D eigenvalue weighted by atomic mass is 9.81. The molecule has 0 spiro atoms. The Kier molecular flexibility index (Phi) is 6.22. The number of nitrogens with one attached hydrogen (secondary N) is 1. The second-order valence-electron chi connectivity index (χ2n) is 11.4. The summed E-state index contributed by atoms with van der Waals surface area (Å²) in [6, 6.07) is 2.54. The van der Waals surface area contributed by atoms with E-state index >= 15 is 4.39 Å². The van der Waals surface area contributed by atoms with Gasteiger partial charge in [0.15, 0.2) is 5.60 Å². The van der Waals surface area contributed by atoms with E-state index in [-0.39, 0.29) is 49.8 Å². The van der Waals surface area contributed by atoms with Crippen LogP contribution in [0, 0.1) is 12.7 Å². The minimum Gasteiger partial charge on any atom is -0.458 e. The third-order valence-corrected chi connectivity index (χ3v) is 8.97. The predicted octanol–water partition coefficient (Wildman–Crippen LogP) is 1.46. The number of aliphatic hydroxyl groups excluding tert-OH is 1. The van der Waals surface area contributed by atoms with Crippen molar-refractivity contribution in [1.29, 1.82) is 0 Å². The molecule has 13 heteroatoms. The molecule has 0 bridgehead atoms. The molecule has 7 rings (SSSR count). The Bertz CT molecular complexity index is 1930. The van der Waals surface area contributed by atoms with Gasteiger partial charge in [-0.2, -0.15) is 0 Å². The number of carbonyl (C=O) groups is 2.